The smallest absolute Gasteiger partial charge is 0.405 e. The second-order valence-electron chi connectivity index (χ2n) is 3.40. The van der Waals surface area contributed by atoms with Crippen LogP contribution in [0.3, 0.4) is 0 Å². The van der Waals surface area contributed by atoms with Gasteiger partial charge in [-0.2, -0.15) is 5.10 Å². The second kappa shape index (κ2) is 4.60. The van der Waals surface area contributed by atoms with Gasteiger partial charge in [0, 0.05) is 0 Å². The van der Waals surface area contributed by atoms with Crippen LogP contribution in [0.25, 0.3) is 5.69 Å². The van der Waals surface area contributed by atoms with Gasteiger partial charge in [0.2, 0.25) is 0 Å². The lowest BCUT2D eigenvalue weighted by Gasteiger charge is -2.11. The molecular weight excluding hydrogens is 315 g/mol. The number of halogens is 4. The van der Waals surface area contributed by atoms with Crippen LogP contribution in [0.1, 0.15) is 5.82 Å². The van der Waals surface area contributed by atoms with E-state index in [0.29, 0.717) is 11.5 Å². The Balaban J connectivity index is 2.30. The minimum absolute atomic E-state index is 0.186. The predicted octanol–water partition coefficient (Wildman–Crippen LogP) is 3.24. The first-order valence-corrected chi connectivity index (χ1v) is 5.58. The molecule has 0 N–H and O–H groups in total. The van der Waals surface area contributed by atoms with Gasteiger partial charge in [0.25, 0.3) is 0 Å². The number of aromatic nitrogens is 3. The van der Waals surface area contributed by atoms with Gasteiger partial charge in [0.05, 0.1) is 10.2 Å². The molecule has 4 nitrogen and oxygen atoms in total. The Labute approximate surface area is 109 Å². The van der Waals surface area contributed by atoms with Gasteiger partial charge in [0.1, 0.15) is 17.9 Å². The SMILES string of the molecule is Cc1ncn(-c2ccc(OC(F)(F)F)c(Br)c2)n1. The first-order chi connectivity index (χ1) is 8.35. The zero-order valence-corrected chi connectivity index (χ0v) is 10.7. The minimum atomic E-state index is -4.71. The second-order valence-corrected chi connectivity index (χ2v) is 4.25. The molecule has 1 aromatic carbocycles. The van der Waals surface area contributed by atoms with E-state index < -0.39 is 6.36 Å². The van der Waals surface area contributed by atoms with Gasteiger partial charge < -0.3 is 4.74 Å². The van der Waals surface area contributed by atoms with Crippen LogP contribution in [-0.4, -0.2) is 21.1 Å². The molecule has 0 unspecified atom stereocenters. The standard InChI is InChI=1S/C10H7BrF3N3O/c1-6-15-5-17(16-6)7-2-3-9(8(11)4-7)18-10(12,13)14/h2-5H,1H3. The minimum Gasteiger partial charge on any atom is -0.405 e. The highest BCUT2D eigenvalue weighted by Crippen LogP contribution is 2.31. The zero-order valence-electron chi connectivity index (χ0n) is 9.07. The lowest BCUT2D eigenvalue weighted by molar-refractivity contribution is -0.274. The molecule has 0 saturated carbocycles. The van der Waals surface area contributed by atoms with E-state index in [-0.39, 0.29) is 10.2 Å². The monoisotopic (exact) mass is 321 g/mol. The average Bonchev–Trinajstić information content (AvgIpc) is 2.66. The van der Waals surface area contributed by atoms with Crippen molar-refractivity contribution in [2.45, 2.75) is 13.3 Å². The Morgan fingerprint density at radius 2 is 2.06 bits per heavy atom. The van der Waals surface area contributed by atoms with E-state index in [4.69, 9.17) is 0 Å². The van der Waals surface area contributed by atoms with Gasteiger partial charge in [0.15, 0.2) is 0 Å². The molecule has 1 heterocycles. The summed E-state index contributed by atoms with van der Waals surface area (Å²) < 4.78 is 41.7. The number of aryl methyl sites for hydroxylation is 1. The maximum absolute atomic E-state index is 12.1. The predicted molar refractivity (Wildman–Crippen MR) is 60.5 cm³/mol. The number of alkyl halides is 3. The van der Waals surface area contributed by atoms with Gasteiger partial charge >= 0.3 is 6.36 Å². The quantitative estimate of drug-likeness (QED) is 0.852. The van der Waals surface area contributed by atoms with E-state index in [1.807, 2.05) is 0 Å². The van der Waals surface area contributed by atoms with Crippen LogP contribution in [0, 0.1) is 6.92 Å². The highest BCUT2D eigenvalue weighted by Gasteiger charge is 2.31. The zero-order chi connectivity index (χ0) is 13.3. The molecule has 0 aliphatic rings. The molecule has 2 rings (SSSR count). The van der Waals surface area contributed by atoms with Crippen LogP contribution < -0.4 is 4.74 Å². The molecule has 18 heavy (non-hydrogen) atoms. The topological polar surface area (TPSA) is 39.9 Å². The van der Waals surface area contributed by atoms with E-state index in [2.05, 4.69) is 30.7 Å². The van der Waals surface area contributed by atoms with Crippen LogP contribution in [0.5, 0.6) is 5.75 Å². The van der Waals surface area contributed by atoms with Crippen LogP contribution >= 0.6 is 15.9 Å². The molecule has 0 radical (unpaired) electrons. The molecular formula is C10H7BrF3N3O. The van der Waals surface area contributed by atoms with E-state index in [1.54, 1.807) is 6.92 Å². The summed E-state index contributed by atoms with van der Waals surface area (Å²) in [5.41, 5.74) is 0.581. The highest BCUT2D eigenvalue weighted by atomic mass is 79.9. The molecule has 2 aromatic rings. The van der Waals surface area contributed by atoms with Crippen LogP contribution in [0.4, 0.5) is 13.2 Å². The third-order valence-electron chi connectivity index (χ3n) is 2.01. The number of ether oxygens (including phenoxy) is 1. The van der Waals surface area contributed by atoms with Crippen LogP contribution in [-0.2, 0) is 0 Å². The Morgan fingerprint density at radius 3 is 2.56 bits per heavy atom. The largest absolute Gasteiger partial charge is 0.573 e. The summed E-state index contributed by atoms with van der Waals surface area (Å²) >= 11 is 3.02. The van der Waals surface area contributed by atoms with Gasteiger partial charge in [-0.1, -0.05) is 0 Å². The fourth-order valence-corrected chi connectivity index (χ4v) is 1.76. The van der Waals surface area contributed by atoms with E-state index in [1.165, 1.54) is 29.2 Å². The molecule has 0 aliphatic carbocycles. The number of benzene rings is 1. The Hall–Kier alpha value is -1.57. The molecule has 0 fully saturated rings. The molecule has 0 spiro atoms. The van der Waals surface area contributed by atoms with Crippen molar-refractivity contribution in [1.82, 2.24) is 14.8 Å². The molecule has 8 heteroatoms. The van der Waals surface area contributed by atoms with Crippen molar-refractivity contribution >= 4 is 15.9 Å². The van der Waals surface area contributed by atoms with Crippen LogP contribution in [0.2, 0.25) is 0 Å². The van der Waals surface area contributed by atoms with Crippen molar-refractivity contribution in [3.05, 3.63) is 34.8 Å². The average molecular weight is 322 g/mol. The van der Waals surface area contributed by atoms with E-state index >= 15 is 0 Å². The molecule has 0 aliphatic heterocycles. The van der Waals surface area contributed by atoms with Gasteiger partial charge in [-0.15, -0.1) is 13.2 Å². The summed E-state index contributed by atoms with van der Waals surface area (Å²) in [5.74, 6) is 0.268. The summed E-state index contributed by atoms with van der Waals surface area (Å²) in [6.07, 6.45) is -3.24. The molecule has 0 amide bonds. The third kappa shape index (κ3) is 3.00. The first kappa shape index (κ1) is 12.9. The van der Waals surface area contributed by atoms with Crippen molar-refractivity contribution in [1.29, 1.82) is 0 Å². The van der Waals surface area contributed by atoms with E-state index in [9.17, 15) is 13.2 Å². The van der Waals surface area contributed by atoms with Gasteiger partial charge in [-0.05, 0) is 41.1 Å². The third-order valence-corrected chi connectivity index (χ3v) is 2.63. The molecule has 0 bridgehead atoms. The van der Waals surface area contributed by atoms with Gasteiger partial charge in [-0.3, -0.25) is 0 Å². The highest BCUT2D eigenvalue weighted by molar-refractivity contribution is 9.10. The molecule has 96 valence electrons. The summed E-state index contributed by atoms with van der Waals surface area (Å²) in [7, 11) is 0. The van der Waals surface area contributed by atoms with Crippen molar-refractivity contribution in [2.75, 3.05) is 0 Å². The summed E-state index contributed by atoms with van der Waals surface area (Å²) in [4.78, 5) is 3.93. The normalized spacial score (nSPS) is 11.6. The fraction of sp³-hybridized carbons (Fsp3) is 0.200. The maximum atomic E-state index is 12.1. The Morgan fingerprint density at radius 1 is 1.33 bits per heavy atom. The molecule has 0 saturated heterocycles. The van der Waals surface area contributed by atoms with E-state index in [0.717, 1.165) is 0 Å². The Kier molecular flexibility index (Phi) is 3.29. The van der Waals surface area contributed by atoms with Crippen molar-refractivity contribution in [3.63, 3.8) is 0 Å². The van der Waals surface area contributed by atoms with Crippen LogP contribution in [0.15, 0.2) is 29.0 Å². The van der Waals surface area contributed by atoms with Crippen molar-refractivity contribution in [3.8, 4) is 11.4 Å². The van der Waals surface area contributed by atoms with Gasteiger partial charge in [-0.25, -0.2) is 9.67 Å². The lowest BCUT2D eigenvalue weighted by Crippen LogP contribution is -2.17. The number of hydrogen-bond donors (Lipinski definition) is 0. The summed E-state index contributed by atoms with van der Waals surface area (Å²) in [6.45, 7) is 1.71. The van der Waals surface area contributed by atoms with Crippen molar-refractivity contribution < 1.29 is 17.9 Å². The number of rotatable bonds is 2. The first-order valence-electron chi connectivity index (χ1n) is 4.79. The summed E-state index contributed by atoms with van der Waals surface area (Å²) in [6, 6.07) is 4.14. The molecule has 1 aromatic heterocycles. The molecule has 0 atom stereocenters. The number of hydrogen-bond acceptors (Lipinski definition) is 3. The maximum Gasteiger partial charge on any atom is 0.573 e. The lowest BCUT2D eigenvalue weighted by atomic mass is 10.3. The summed E-state index contributed by atoms with van der Waals surface area (Å²) in [5, 5.41) is 4.05. The van der Waals surface area contributed by atoms with Crippen molar-refractivity contribution in [2.24, 2.45) is 0 Å². The number of nitrogens with zero attached hydrogens (tertiary/aromatic N) is 3. The fourth-order valence-electron chi connectivity index (χ4n) is 1.31. The Bertz CT molecular complexity index is 568.